The summed E-state index contributed by atoms with van der Waals surface area (Å²) in [6.07, 6.45) is 6.98. The zero-order valence-corrected chi connectivity index (χ0v) is 34.2. The van der Waals surface area contributed by atoms with Crippen LogP contribution in [0.25, 0.3) is 16.8 Å². The number of rotatable bonds is 13. The molecule has 2 saturated heterocycles. The van der Waals surface area contributed by atoms with E-state index in [9.17, 15) is 4.79 Å². The fourth-order valence-corrected chi connectivity index (χ4v) is 8.18. The van der Waals surface area contributed by atoms with Crippen LogP contribution in [0.5, 0.6) is 0 Å². The highest BCUT2D eigenvalue weighted by molar-refractivity contribution is 6.76. The third kappa shape index (κ3) is 10.6. The number of carbonyl (C=O) groups is 1. The van der Waals surface area contributed by atoms with Crippen LogP contribution in [0.1, 0.15) is 63.8 Å². The number of aromatic nitrogens is 4. The lowest BCUT2D eigenvalue weighted by Gasteiger charge is -2.39. The molecule has 0 radical (unpaired) electrons. The quantitative estimate of drug-likeness (QED) is 0.0842. The van der Waals surface area contributed by atoms with Crippen LogP contribution in [0.3, 0.4) is 0 Å². The van der Waals surface area contributed by atoms with Crippen LogP contribution < -0.4 is 4.90 Å². The van der Waals surface area contributed by atoms with E-state index in [-0.39, 0.29) is 30.7 Å². The molecule has 11 nitrogen and oxygen atoms in total. The van der Waals surface area contributed by atoms with Crippen LogP contribution in [0.2, 0.25) is 51.4 Å². The second kappa shape index (κ2) is 16.2. The molecule has 0 aromatic carbocycles. The molecular weight excluding hydrogens is 677 g/mol. The van der Waals surface area contributed by atoms with E-state index >= 15 is 0 Å². The van der Waals surface area contributed by atoms with Crippen LogP contribution in [-0.2, 0) is 14.2 Å². The summed E-state index contributed by atoms with van der Waals surface area (Å²) in [7, 11) is -2.56. The molecule has 13 heteroatoms. The maximum atomic E-state index is 13.3. The van der Waals surface area contributed by atoms with Crippen molar-refractivity contribution < 1.29 is 24.1 Å². The number of hydrogen-bond donors (Lipinski definition) is 1. The Kier molecular flexibility index (Phi) is 12.3. The van der Waals surface area contributed by atoms with E-state index in [4.69, 9.17) is 29.4 Å². The van der Waals surface area contributed by atoms with Crippen molar-refractivity contribution in [2.24, 2.45) is 0 Å². The van der Waals surface area contributed by atoms with Gasteiger partial charge >= 0.3 is 6.09 Å². The van der Waals surface area contributed by atoms with Crippen molar-refractivity contribution in [1.82, 2.24) is 24.5 Å². The van der Waals surface area contributed by atoms with E-state index in [1.807, 2.05) is 48.5 Å². The number of amides is 1. The summed E-state index contributed by atoms with van der Waals surface area (Å²) in [5.74, 6) is 6.55. The zero-order valence-electron chi connectivity index (χ0n) is 32.2. The molecule has 0 aliphatic carbocycles. The SMILES string of the molecule is CC(C)(C)OC(=O)N1C2CCC1CC(c1cc(N(COCC[Si](C)(C)C)COCC[Si](C)(C)C)n3ncc(-c4ccc(C#CCO)nc4)c3n1)C2. The number of aliphatic hydroxyl groups excluding tert-OH is 1. The first kappa shape index (κ1) is 38.9. The summed E-state index contributed by atoms with van der Waals surface area (Å²) in [5.41, 5.74) is 3.49. The van der Waals surface area contributed by atoms with Crippen molar-refractivity contribution >= 4 is 33.7 Å². The van der Waals surface area contributed by atoms with Crippen LogP contribution >= 0.6 is 0 Å². The number of nitrogens with zero attached hydrogens (tertiary/aromatic N) is 6. The largest absolute Gasteiger partial charge is 0.444 e. The molecule has 2 fully saturated rings. The second-order valence-corrected chi connectivity index (χ2v) is 28.6. The first-order valence-electron chi connectivity index (χ1n) is 18.4. The molecule has 3 aromatic heterocycles. The van der Waals surface area contributed by atoms with E-state index in [0.29, 0.717) is 32.4 Å². The topological polar surface area (TPSA) is 115 Å². The van der Waals surface area contributed by atoms with Crippen molar-refractivity contribution in [3.63, 3.8) is 0 Å². The molecule has 2 aliphatic heterocycles. The lowest BCUT2D eigenvalue weighted by molar-refractivity contribution is 0.00568. The van der Waals surface area contributed by atoms with Gasteiger partial charge in [0.05, 0.1) is 6.20 Å². The summed E-state index contributed by atoms with van der Waals surface area (Å²) in [4.78, 5) is 27.2. The number of anilines is 1. The highest BCUT2D eigenvalue weighted by atomic mass is 28.3. The molecule has 51 heavy (non-hydrogen) atoms. The summed E-state index contributed by atoms with van der Waals surface area (Å²) in [5, 5.41) is 14.0. The first-order valence-corrected chi connectivity index (χ1v) is 25.8. The van der Waals surface area contributed by atoms with Crippen molar-refractivity contribution in [3.8, 4) is 23.0 Å². The van der Waals surface area contributed by atoms with Crippen molar-refractivity contribution in [2.45, 2.75) is 121 Å². The minimum atomic E-state index is -1.28. The molecule has 3 aromatic rings. The van der Waals surface area contributed by atoms with Crippen LogP contribution in [0.15, 0.2) is 30.6 Å². The summed E-state index contributed by atoms with van der Waals surface area (Å²) < 4.78 is 20.4. The summed E-state index contributed by atoms with van der Waals surface area (Å²) >= 11 is 0. The average Bonchev–Trinajstić information content (AvgIpc) is 3.59. The van der Waals surface area contributed by atoms with E-state index in [2.05, 4.69) is 67.1 Å². The van der Waals surface area contributed by atoms with Crippen LogP contribution in [-0.4, -0.2) is 103 Å². The second-order valence-electron chi connectivity index (χ2n) is 17.4. The number of pyridine rings is 1. The predicted molar refractivity (Wildman–Crippen MR) is 207 cm³/mol. The highest BCUT2D eigenvalue weighted by Crippen LogP contribution is 2.44. The van der Waals surface area contributed by atoms with Gasteiger partial charge in [-0.05, 0) is 76.6 Å². The van der Waals surface area contributed by atoms with Gasteiger partial charge in [0, 0.05) is 76.4 Å². The van der Waals surface area contributed by atoms with Gasteiger partial charge in [-0.25, -0.2) is 14.8 Å². The van der Waals surface area contributed by atoms with Gasteiger partial charge < -0.3 is 29.1 Å². The molecule has 2 atom stereocenters. The third-order valence-electron chi connectivity index (χ3n) is 9.41. The number of fused-ring (bicyclic) bond motifs is 3. The number of hydrogen-bond acceptors (Lipinski definition) is 9. The van der Waals surface area contributed by atoms with Gasteiger partial charge in [0.1, 0.15) is 37.2 Å². The lowest BCUT2D eigenvalue weighted by Crippen LogP contribution is -2.48. The molecule has 278 valence electrons. The van der Waals surface area contributed by atoms with Gasteiger partial charge in [0.25, 0.3) is 0 Å². The van der Waals surface area contributed by atoms with Gasteiger partial charge in [-0.2, -0.15) is 9.61 Å². The smallest absolute Gasteiger partial charge is 0.410 e. The third-order valence-corrected chi connectivity index (χ3v) is 12.8. The molecular formula is C38H58N6O5Si2. The summed E-state index contributed by atoms with van der Waals surface area (Å²) in [6, 6.07) is 8.34. The molecule has 1 N–H and O–H groups in total. The number of piperidine rings is 1. The standard InChI is InChI=1S/C38H58N6O5Si2/c1-38(2,3)49-37(46)43-31-14-15-32(43)22-29(21-31)34-23-35(42(26-47-17-19-50(4,5)6)27-48-18-20-51(7,8)9)44-36(41-34)33(25-40-44)28-12-13-30(39-24-28)11-10-16-45/h12-13,23-25,29,31-32,45H,14-22,26-27H2,1-9H3. The van der Waals surface area contributed by atoms with Gasteiger partial charge in [-0.15, -0.1) is 0 Å². The Morgan fingerprint density at radius 3 is 2.14 bits per heavy atom. The van der Waals surface area contributed by atoms with Gasteiger partial charge in [-0.3, -0.25) is 0 Å². The summed E-state index contributed by atoms with van der Waals surface area (Å²) in [6.45, 7) is 21.8. The Balaban J connectivity index is 1.52. The first-order chi connectivity index (χ1) is 24.0. The molecule has 0 saturated carbocycles. The Labute approximate surface area is 306 Å². The highest BCUT2D eigenvalue weighted by Gasteiger charge is 2.45. The molecule has 0 spiro atoms. The van der Waals surface area contributed by atoms with E-state index < -0.39 is 21.7 Å². The van der Waals surface area contributed by atoms with Crippen molar-refractivity contribution in [2.75, 3.05) is 38.2 Å². The Morgan fingerprint density at radius 1 is 0.980 bits per heavy atom. The number of ether oxygens (including phenoxy) is 3. The molecule has 2 aliphatic rings. The molecule has 5 rings (SSSR count). The zero-order chi connectivity index (χ0) is 37.0. The van der Waals surface area contributed by atoms with E-state index in [1.54, 1.807) is 6.20 Å². The monoisotopic (exact) mass is 734 g/mol. The number of carbonyl (C=O) groups excluding carboxylic acids is 1. The lowest BCUT2D eigenvalue weighted by atomic mass is 9.88. The minimum Gasteiger partial charge on any atom is -0.444 e. The Morgan fingerprint density at radius 2 is 1.61 bits per heavy atom. The maximum Gasteiger partial charge on any atom is 0.410 e. The molecule has 2 bridgehead atoms. The van der Waals surface area contributed by atoms with E-state index in [0.717, 1.165) is 66.1 Å². The fraction of sp³-hybridized carbons (Fsp3) is 0.632. The number of aliphatic hydroxyl groups is 1. The molecule has 2 unspecified atom stereocenters. The minimum absolute atomic E-state index is 0.108. The van der Waals surface area contributed by atoms with Crippen LogP contribution in [0, 0.1) is 11.8 Å². The average molecular weight is 735 g/mol. The van der Waals surface area contributed by atoms with Crippen molar-refractivity contribution in [3.05, 3.63) is 42.0 Å². The van der Waals surface area contributed by atoms with Crippen molar-refractivity contribution in [1.29, 1.82) is 0 Å². The fourth-order valence-electron chi connectivity index (χ4n) is 6.67. The predicted octanol–water partition coefficient (Wildman–Crippen LogP) is 7.21. The van der Waals surface area contributed by atoms with E-state index in [1.165, 1.54) is 0 Å². The maximum absolute atomic E-state index is 13.3. The van der Waals surface area contributed by atoms with Gasteiger partial charge in [0.2, 0.25) is 0 Å². The Bertz CT molecular complexity index is 1660. The normalized spacial score (nSPS) is 19.3. The Hall–Kier alpha value is -3.29. The molecule has 1 amide bonds. The van der Waals surface area contributed by atoms with Gasteiger partial charge in [0.15, 0.2) is 5.65 Å². The van der Waals surface area contributed by atoms with Crippen LogP contribution in [0.4, 0.5) is 10.6 Å². The molecule has 5 heterocycles. The van der Waals surface area contributed by atoms with Gasteiger partial charge in [-0.1, -0.05) is 45.2 Å².